The van der Waals surface area contributed by atoms with Crippen molar-refractivity contribution in [3.63, 3.8) is 0 Å². The van der Waals surface area contributed by atoms with Crippen molar-refractivity contribution in [3.05, 3.63) is 53.3 Å². The monoisotopic (exact) mass is 426 g/mol. The topological polar surface area (TPSA) is 87.5 Å². The van der Waals surface area contributed by atoms with E-state index in [4.69, 9.17) is 9.90 Å². The molecule has 1 aliphatic rings. The second-order valence-electron chi connectivity index (χ2n) is 6.94. The normalized spacial score (nSPS) is 16.2. The van der Waals surface area contributed by atoms with Crippen LogP contribution in [-0.4, -0.2) is 51.4 Å². The first kappa shape index (κ1) is 23.4. The SMILES string of the molecule is CCc1ccc(CN2Cc3ccnn3C(CC(=O)NC)C2)cc1.O=C(O)C(F)(F)F. The van der Waals surface area contributed by atoms with Gasteiger partial charge in [-0.05, 0) is 23.6 Å². The van der Waals surface area contributed by atoms with Gasteiger partial charge in [0, 0.05) is 32.9 Å². The predicted octanol–water partition coefficient (Wildman–Crippen LogP) is 2.77. The fourth-order valence-electron chi connectivity index (χ4n) is 3.19. The van der Waals surface area contributed by atoms with E-state index < -0.39 is 12.1 Å². The number of benzene rings is 1. The van der Waals surface area contributed by atoms with Crippen molar-refractivity contribution in [3.8, 4) is 0 Å². The standard InChI is InChI=1S/C18H24N4O.C2HF3O2/c1-3-14-4-6-15(7-5-14)11-21-12-16-8-9-20-22(16)17(13-21)10-18(23)19-2;3-2(4,5)1(6)7/h4-9,17H,3,10-13H2,1-2H3,(H,19,23);(H,6,7). The summed E-state index contributed by atoms with van der Waals surface area (Å²) >= 11 is 0. The van der Waals surface area contributed by atoms with E-state index in [2.05, 4.69) is 46.5 Å². The predicted molar refractivity (Wildman–Crippen MR) is 104 cm³/mol. The molecule has 0 fully saturated rings. The molecule has 7 nitrogen and oxygen atoms in total. The van der Waals surface area contributed by atoms with Crippen LogP contribution >= 0.6 is 0 Å². The van der Waals surface area contributed by atoms with Crippen molar-refractivity contribution in [2.75, 3.05) is 13.6 Å². The average Bonchev–Trinajstić information content (AvgIpc) is 3.17. The summed E-state index contributed by atoms with van der Waals surface area (Å²) in [5, 5.41) is 14.2. The molecule has 0 aliphatic carbocycles. The maximum Gasteiger partial charge on any atom is 0.490 e. The first-order chi connectivity index (χ1) is 14.1. The van der Waals surface area contributed by atoms with E-state index in [9.17, 15) is 18.0 Å². The van der Waals surface area contributed by atoms with Crippen LogP contribution < -0.4 is 5.32 Å². The van der Waals surface area contributed by atoms with Gasteiger partial charge in [-0.25, -0.2) is 4.79 Å². The molecular formula is C20H25F3N4O3. The molecule has 2 N–H and O–H groups in total. The van der Waals surface area contributed by atoms with E-state index in [0.717, 1.165) is 26.1 Å². The summed E-state index contributed by atoms with van der Waals surface area (Å²) in [6.07, 6.45) is -1.72. The van der Waals surface area contributed by atoms with Gasteiger partial charge in [-0.3, -0.25) is 14.4 Å². The molecule has 1 aromatic carbocycles. The number of alkyl halides is 3. The van der Waals surface area contributed by atoms with Crippen LogP contribution in [-0.2, 0) is 29.1 Å². The molecule has 1 aliphatic heterocycles. The number of aryl methyl sites for hydroxylation is 1. The number of nitrogens with one attached hydrogen (secondary N) is 1. The lowest BCUT2D eigenvalue weighted by Gasteiger charge is -2.33. The second-order valence-corrected chi connectivity index (χ2v) is 6.94. The van der Waals surface area contributed by atoms with Gasteiger partial charge in [0.15, 0.2) is 0 Å². The summed E-state index contributed by atoms with van der Waals surface area (Å²) in [6, 6.07) is 11.0. The molecule has 1 aromatic heterocycles. The molecule has 0 saturated carbocycles. The summed E-state index contributed by atoms with van der Waals surface area (Å²) < 4.78 is 33.7. The number of amides is 1. The molecule has 1 unspecified atom stereocenters. The van der Waals surface area contributed by atoms with E-state index >= 15 is 0 Å². The molecule has 164 valence electrons. The van der Waals surface area contributed by atoms with Crippen LogP contribution in [0.3, 0.4) is 0 Å². The third-order valence-electron chi connectivity index (χ3n) is 4.73. The molecule has 1 atom stereocenters. The van der Waals surface area contributed by atoms with E-state index in [1.54, 1.807) is 7.05 Å². The van der Waals surface area contributed by atoms with Crippen LogP contribution in [0.4, 0.5) is 13.2 Å². The summed E-state index contributed by atoms with van der Waals surface area (Å²) in [5.74, 6) is -2.70. The van der Waals surface area contributed by atoms with Gasteiger partial charge in [0.05, 0.1) is 18.2 Å². The lowest BCUT2D eigenvalue weighted by molar-refractivity contribution is -0.192. The average molecular weight is 426 g/mol. The third kappa shape index (κ3) is 6.58. The highest BCUT2D eigenvalue weighted by Gasteiger charge is 2.38. The summed E-state index contributed by atoms with van der Waals surface area (Å²) in [4.78, 5) is 23.1. The molecule has 1 amide bonds. The van der Waals surface area contributed by atoms with Gasteiger partial charge < -0.3 is 10.4 Å². The number of carbonyl (C=O) groups is 2. The van der Waals surface area contributed by atoms with Crippen molar-refractivity contribution in [1.29, 1.82) is 0 Å². The van der Waals surface area contributed by atoms with Gasteiger partial charge in [-0.1, -0.05) is 31.2 Å². The van der Waals surface area contributed by atoms with Crippen molar-refractivity contribution in [1.82, 2.24) is 20.0 Å². The largest absolute Gasteiger partial charge is 0.490 e. The van der Waals surface area contributed by atoms with E-state index in [0.29, 0.717) is 6.42 Å². The maximum atomic E-state index is 11.8. The Hall–Kier alpha value is -2.88. The molecule has 2 aromatic rings. The Morgan fingerprint density at radius 2 is 1.80 bits per heavy atom. The minimum absolute atomic E-state index is 0.0607. The molecule has 3 rings (SSSR count). The van der Waals surface area contributed by atoms with Crippen LogP contribution in [0.25, 0.3) is 0 Å². The van der Waals surface area contributed by atoms with Gasteiger partial charge in [-0.15, -0.1) is 0 Å². The zero-order valence-electron chi connectivity index (χ0n) is 16.8. The van der Waals surface area contributed by atoms with Crippen molar-refractivity contribution >= 4 is 11.9 Å². The molecular weight excluding hydrogens is 401 g/mol. The Labute approximate surface area is 172 Å². The van der Waals surface area contributed by atoms with Crippen LogP contribution in [0, 0.1) is 0 Å². The number of carbonyl (C=O) groups excluding carboxylic acids is 1. The lowest BCUT2D eigenvalue weighted by atomic mass is 10.1. The lowest BCUT2D eigenvalue weighted by Crippen LogP contribution is -2.39. The molecule has 0 bridgehead atoms. The minimum atomic E-state index is -5.08. The quantitative estimate of drug-likeness (QED) is 0.768. The van der Waals surface area contributed by atoms with Crippen LogP contribution in [0.1, 0.15) is 36.2 Å². The molecule has 30 heavy (non-hydrogen) atoms. The van der Waals surface area contributed by atoms with E-state index in [-0.39, 0.29) is 11.9 Å². The number of hydrogen-bond donors (Lipinski definition) is 2. The Balaban J connectivity index is 0.000000396. The molecule has 2 heterocycles. The Morgan fingerprint density at radius 3 is 2.33 bits per heavy atom. The second kappa shape index (κ2) is 10.2. The number of carboxylic acids is 1. The van der Waals surface area contributed by atoms with E-state index in [1.807, 2.05) is 16.9 Å². The number of nitrogens with zero attached hydrogens (tertiary/aromatic N) is 3. The molecule has 10 heteroatoms. The summed E-state index contributed by atoms with van der Waals surface area (Å²) in [7, 11) is 1.68. The molecule has 0 saturated heterocycles. The minimum Gasteiger partial charge on any atom is -0.475 e. The fraction of sp³-hybridized carbons (Fsp3) is 0.450. The highest BCUT2D eigenvalue weighted by Crippen LogP contribution is 2.24. The van der Waals surface area contributed by atoms with Crippen molar-refractivity contribution in [2.24, 2.45) is 0 Å². The van der Waals surface area contributed by atoms with Crippen molar-refractivity contribution < 1.29 is 27.9 Å². The smallest absolute Gasteiger partial charge is 0.475 e. The summed E-state index contributed by atoms with van der Waals surface area (Å²) in [5.41, 5.74) is 3.85. The van der Waals surface area contributed by atoms with Crippen LogP contribution in [0.15, 0.2) is 36.5 Å². The van der Waals surface area contributed by atoms with Crippen LogP contribution in [0.5, 0.6) is 0 Å². The highest BCUT2D eigenvalue weighted by atomic mass is 19.4. The third-order valence-corrected chi connectivity index (χ3v) is 4.73. The van der Waals surface area contributed by atoms with Crippen LogP contribution in [0.2, 0.25) is 0 Å². The van der Waals surface area contributed by atoms with Gasteiger partial charge in [0.25, 0.3) is 0 Å². The van der Waals surface area contributed by atoms with Gasteiger partial charge >= 0.3 is 12.1 Å². The van der Waals surface area contributed by atoms with Gasteiger partial charge in [-0.2, -0.15) is 18.3 Å². The number of hydrogen-bond acceptors (Lipinski definition) is 4. The number of carboxylic acid groups (broad SMARTS) is 1. The number of rotatable bonds is 5. The Morgan fingerprint density at radius 1 is 1.20 bits per heavy atom. The van der Waals surface area contributed by atoms with Gasteiger partial charge in [0.2, 0.25) is 5.91 Å². The Bertz CT molecular complexity index is 850. The van der Waals surface area contributed by atoms with E-state index in [1.165, 1.54) is 16.8 Å². The molecule has 0 radical (unpaired) electrons. The zero-order chi connectivity index (χ0) is 22.3. The number of aliphatic carboxylic acids is 1. The summed E-state index contributed by atoms with van der Waals surface area (Å²) in [6.45, 7) is 4.79. The highest BCUT2D eigenvalue weighted by molar-refractivity contribution is 5.76. The number of aromatic nitrogens is 2. The fourth-order valence-corrected chi connectivity index (χ4v) is 3.19. The number of fused-ring (bicyclic) bond motifs is 1. The Kier molecular flexibility index (Phi) is 7.99. The maximum absolute atomic E-state index is 11.8. The molecule has 0 spiro atoms. The first-order valence-electron chi connectivity index (χ1n) is 9.47. The number of halogens is 3. The zero-order valence-corrected chi connectivity index (χ0v) is 16.8. The first-order valence-corrected chi connectivity index (χ1v) is 9.47. The van der Waals surface area contributed by atoms with Gasteiger partial charge in [0.1, 0.15) is 0 Å². The van der Waals surface area contributed by atoms with Crippen molar-refractivity contribution in [2.45, 2.75) is 45.1 Å².